The Balaban J connectivity index is 2.72. The minimum absolute atomic E-state index is 0.0660. The number of hydrogen-bond donors (Lipinski definition) is 1. The number of hydrogen-bond acceptors (Lipinski definition) is 1. The van der Waals surface area contributed by atoms with Gasteiger partial charge in [0.05, 0.1) is 5.41 Å². The molecule has 0 heterocycles. The molecule has 0 aromatic heterocycles. The highest BCUT2D eigenvalue weighted by molar-refractivity contribution is 5.73. The number of carboxylic acid groups (broad SMARTS) is 1. The van der Waals surface area contributed by atoms with E-state index in [1.807, 2.05) is 42.5 Å². The molecule has 18 heavy (non-hydrogen) atoms. The largest absolute Gasteiger partial charge is 0.481 e. The van der Waals surface area contributed by atoms with Gasteiger partial charge >= 0.3 is 5.97 Å². The SMILES string of the molecule is C=CC(/C=C/c1ccccc1)CC(C)(C)C(=O)O. The van der Waals surface area contributed by atoms with Gasteiger partial charge in [-0.05, 0) is 31.7 Å². The van der Waals surface area contributed by atoms with Gasteiger partial charge in [-0.1, -0.05) is 48.6 Å². The molecule has 0 aliphatic carbocycles. The lowest BCUT2D eigenvalue weighted by Gasteiger charge is -2.22. The second-order valence-electron chi connectivity index (χ2n) is 5.06. The zero-order valence-electron chi connectivity index (χ0n) is 11.0. The Bertz CT molecular complexity index is 430. The molecule has 1 rings (SSSR count). The summed E-state index contributed by atoms with van der Waals surface area (Å²) >= 11 is 0. The molecule has 96 valence electrons. The molecular weight excluding hydrogens is 224 g/mol. The van der Waals surface area contributed by atoms with E-state index < -0.39 is 11.4 Å². The maximum absolute atomic E-state index is 11.1. The van der Waals surface area contributed by atoms with Crippen LogP contribution in [0.2, 0.25) is 0 Å². The molecule has 0 bridgehead atoms. The van der Waals surface area contributed by atoms with Gasteiger partial charge in [0.15, 0.2) is 0 Å². The molecule has 1 unspecified atom stereocenters. The normalized spacial score (nSPS) is 13.4. The average molecular weight is 244 g/mol. The van der Waals surface area contributed by atoms with Crippen molar-refractivity contribution in [3.63, 3.8) is 0 Å². The van der Waals surface area contributed by atoms with Crippen molar-refractivity contribution >= 4 is 12.0 Å². The Labute approximate surface area is 109 Å². The van der Waals surface area contributed by atoms with Crippen LogP contribution < -0.4 is 0 Å². The van der Waals surface area contributed by atoms with Crippen molar-refractivity contribution in [2.45, 2.75) is 20.3 Å². The molecule has 0 saturated carbocycles. The summed E-state index contributed by atoms with van der Waals surface area (Å²) < 4.78 is 0. The Hall–Kier alpha value is -1.83. The lowest BCUT2D eigenvalue weighted by atomic mass is 9.82. The van der Waals surface area contributed by atoms with Gasteiger partial charge in [-0.15, -0.1) is 6.58 Å². The fraction of sp³-hybridized carbons (Fsp3) is 0.312. The minimum atomic E-state index is -0.775. The average Bonchev–Trinajstić information content (AvgIpc) is 2.35. The number of carboxylic acids is 1. The van der Waals surface area contributed by atoms with E-state index in [1.54, 1.807) is 19.9 Å². The molecule has 0 spiro atoms. The van der Waals surface area contributed by atoms with Crippen molar-refractivity contribution in [2.75, 3.05) is 0 Å². The Morgan fingerprint density at radius 3 is 2.50 bits per heavy atom. The summed E-state index contributed by atoms with van der Waals surface area (Å²) in [5.41, 5.74) is 0.373. The summed E-state index contributed by atoms with van der Waals surface area (Å²) in [6.07, 6.45) is 6.36. The third-order valence-corrected chi connectivity index (χ3v) is 2.96. The molecule has 0 amide bonds. The predicted molar refractivity (Wildman–Crippen MR) is 75.2 cm³/mol. The molecule has 2 heteroatoms. The summed E-state index contributed by atoms with van der Waals surface area (Å²) in [5, 5.41) is 9.11. The van der Waals surface area contributed by atoms with Gasteiger partial charge in [-0.3, -0.25) is 4.79 Å². The molecule has 1 aromatic carbocycles. The molecule has 0 saturated heterocycles. The van der Waals surface area contributed by atoms with Crippen molar-refractivity contribution in [2.24, 2.45) is 11.3 Å². The highest BCUT2D eigenvalue weighted by Crippen LogP contribution is 2.27. The fourth-order valence-corrected chi connectivity index (χ4v) is 1.71. The quantitative estimate of drug-likeness (QED) is 0.768. The smallest absolute Gasteiger partial charge is 0.309 e. The molecular formula is C16H20O2. The van der Waals surface area contributed by atoms with Gasteiger partial charge in [0.1, 0.15) is 0 Å². The van der Waals surface area contributed by atoms with Crippen molar-refractivity contribution in [1.82, 2.24) is 0 Å². The van der Waals surface area contributed by atoms with Gasteiger partial charge in [-0.2, -0.15) is 0 Å². The van der Waals surface area contributed by atoms with E-state index >= 15 is 0 Å². The highest BCUT2D eigenvalue weighted by Gasteiger charge is 2.28. The molecule has 0 fully saturated rings. The first-order valence-corrected chi connectivity index (χ1v) is 6.05. The Kier molecular flexibility index (Phi) is 4.90. The highest BCUT2D eigenvalue weighted by atomic mass is 16.4. The van der Waals surface area contributed by atoms with Crippen LogP contribution in [0.25, 0.3) is 6.08 Å². The molecule has 0 radical (unpaired) electrons. The summed E-state index contributed by atoms with van der Waals surface area (Å²) in [5.74, 6) is -0.709. The van der Waals surface area contributed by atoms with Crippen LogP contribution >= 0.6 is 0 Å². The minimum Gasteiger partial charge on any atom is -0.481 e. The lowest BCUT2D eigenvalue weighted by molar-refractivity contribution is -0.147. The number of aliphatic carboxylic acids is 1. The molecule has 1 aromatic rings. The topological polar surface area (TPSA) is 37.3 Å². The molecule has 1 N–H and O–H groups in total. The zero-order valence-corrected chi connectivity index (χ0v) is 11.0. The monoisotopic (exact) mass is 244 g/mol. The van der Waals surface area contributed by atoms with Gasteiger partial charge in [0, 0.05) is 0 Å². The second-order valence-corrected chi connectivity index (χ2v) is 5.06. The molecule has 0 aliphatic heterocycles. The number of rotatable bonds is 6. The first-order chi connectivity index (χ1) is 8.45. The molecule has 0 aliphatic rings. The number of carbonyl (C=O) groups is 1. The van der Waals surface area contributed by atoms with Crippen molar-refractivity contribution in [3.8, 4) is 0 Å². The fourth-order valence-electron chi connectivity index (χ4n) is 1.71. The van der Waals surface area contributed by atoms with Crippen LogP contribution in [0.3, 0.4) is 0 Å². The lowest BCUT2D eigenvalue weighted by Crippen LogP contribution is -2.25. The summed E-state index contributed by atoms with van der Waals surface area (Å²) in [6, 6.07) is 9.95. The maximum atomic E-state index is 11.1. The number of benzene rings is 1. The first-order valence-electron chi connectivity index (χ1n) is 6.05. The van der Waals surface area contributed by atoms with Gasteiger partial charge in [0.25, 0.3) is 0 Å². The third kappa shape index (κ3) is 4.21. The maximum Gasteiger partial charge on any atom is 0.309 e. The van der Waals surface area contributed by atoms with E-state index in [0.717, 1.165) is 5.56 Å². The predicted octanol–water partition coefficient (Wildman–Crippen LogP) is 4.00. The van der Waals surface area contributed by atoms with Crippen LogP contribution in [-0.4, -0.2) is 11.1 Å². The Morgan fingerprint density at radius 2 is 2.00 bits per heavy atom. The van der Waals surface area contributed by atoms with Crippen LogP contribution in [0.5, 0.6) is 0 Å². The third-order valence-electron chi connectivity index (χ3n) is 2.96. The van der Waals surface area contributed by atoms with E-state index in [1.165, 1.54) is 0 Å². The van der Waals surface area contributed by atoms with Crippen molar-refractivity contribution in [1.29, 1.82) is 0 Å². The second kappa shape index (κ2) is 6.20. The summed E-state index contributed by atoms with van der Waals surface area (Å²) in [7, 11) is 0. The van der Waals surface area contributed by atoms with Crippen LogP contribution in [-0.2, 0) is 4.79 Å². The first kappa shape index (κ1) is 14.2. The van der Waals surface area contributed by atoms with Gasteiger partial charge in [-0.25, -0.2) is 0 Å². The van der Waals surface area contributed by atoms with Crippen LogP contribution in [0.15, 0.2) is 49.1 Å². The summed E-state index contributed by atoms with van der Waals surface area (Å²) in [4.78, 5) is 11.1. The zero-order chi connectivity index (χ0) is 13.6. The molecule has 1 atom stereocenters. The Morgan fingerprint density at radius 1 is 1.39 bits per heavy atom. The van der Waals surface area contributed by atoms with E-state index in [2.05, 4.69) is 6.58 Å². The van der Waals surface area contributed by atoms with E-state index in [-0.39, 0.29) is 5.92 Å². The van der Waals surface area contributed by atoms with Crippen LogP contribution in [0.4, 0.5) is 0 Å². The van der Waals surface area contributed by atoms with E-state index in [9.17, 15) is 4.79 Å². The standard InChI is InChI=1S/C16H20O2/c1-4-13(12-16(2,3)15(17)18)10-11-14-8-6-5-7-9-14/h4-11,13H,1,12H2,2-3H3,(H,17,18)/b11-10+. The number of allylic oxidation sites excluding steroid dienone is 2. The van der Waals surface area contributed by atoms with E-state index in [0.29, 0.717) is 6.42 Å². The van der Waals surface area contributed by atoms with Crippen molar-refractivity contribution < 1.29 is 9.90 Å². The van der Waals surface area contributed by atoms with Gasteiger partial charge < -0.3 is 5.11 Å². The molecule has 2 nitrogen and oxygen atoms in total. The van der Waals surface area contributed by atoms with Crippen LogP contribution in [0.1, 0.15) is 25.8 Å². The van der Waals surface area contributed by atoms with Gasteiger partial charge in [0.2, 0.25) is 0 Å². The van der Waals surface area contributed by atoms with Crippen LogP contribution in [0, 0.1) is 11.3 Å². The van der Waals surface area contributed by atoms with Crippen molar-refractivity contribution in [3.05, 3.63) is 54.6 Å². The summed E-state index contributed by atoms with van der Waals surface area (Å²) in [6.45, 7) is 7.25. The van der Waals surface area contributed by atoms with E-state index in [4.69, 9.17) is 5.11 Å².